The summed E-state index contributed by atoms with van der Waals surface area (Å²) in [6, 6.07) is 7.53. The number of benzene rings is 1. The first-order chi connectivity index (χ1) is 6.39. The van der Waals surface area contributed by atoms with Crippen LogP contribution in [0, 0.1) is 0 Å². The molecule has 0 fully saturated rings. The number of aliphatic hydroxyl groups is 1. The molecule has 1 aromatic rings. The molecule has 1 nitrogen and oxygen atoms in total. The van der Waals surface area contributed by atoms with Crippen molar-refractivity contribution in [3.63, 3.8) is 0 Å². The van der Waals surface area contributed by atoms with Crippen LogP contribution in [0.2, 0.25) is 5.02 Å². The summed E-state index contributed by atoms with van der Waals surface area (Å²) in [5, 5.41) is 10.4. The molecule has 0 spiro atoms. The fourth-order valence-electron chi connectivity index (χ4n) is 0.986. The van der Waals surface area contributed by atoms with Gasteiger partial charge >= 0.3 is 0 Å². The van der Waals surface area contributed by atoms with Crippen molar-refractivity contribution >= 4 is 17.7 Å². The van der Waals surface area contributed by atoms with Gasteiger partial charge < -0.3 is 5.11 Å². The molecule has 0 unspecified atom stereocenters. The maximum absolute atomic E-state index is 9.71. The number of rotatable bonds is 2. The van der Waals surface area contributed by atoms with E-state index in [-0.39, 0.29) is 0 Å². The minimum absolute atomic E-state index is 0.725. The molecule has 0 atom stereocenters. The van der Waals surface area contributed by atoms with Gasteiger partial charge in [-0.1, -0.05) is 29.8 Å². The molecule has 0 aliphatic rings. The average molecular weight is 211 g/mol. The van der Waals surface area contributed by atoms with E-state index < -0.39 is 5.60 Å². The van der Waals surface area contributed by atoms with Gasteiger partial charge in [0.25, 0.3) is 0 Å². The maximum Gasteiger partial charge on any atom is 0.0801 e. The zero-order valence-corrected chi connectivity index (χ0v) is 9.47. The van der Waals surface area contributed by atoms with Crippen molar-refractivity contribution in [2.75, 3.05) is 0 Å². The Kier molecular flexibility index (Phi) is 3.35. The maximum atomic E-state index is 9.71. The van der Waals surface area contributed by atoms with Crippen molar-refractivity contribution in [2.45, 2.75) is 26.4 Å². The number of hydrogen-bond acceptors (Lipinski definition) is 1. The third-order valence-corrected chi connectivity index (χ3v) is 2.47. The van der Waals surface area contributed by atoms with Crippen molar-refractivity contribution in [3.05, 3.63) is 40.4 Å². The topological polar surface area (TPSA) is 20.2 Å². The zero-order chi connectivity index (χ0) is 10.8. The van der Waals surface area contributed by atoms with E-state index in [1.54, 1.807) is 13.8 Å². The SMILES string of the molecule is C/C(=C\c1ccc(Cl)cc1)C(C)(C)O. The summed E-state index contributed by atoms with van der Waals surface area (Å²) in [4.78, 5) is 0. The lowest BCUT2D eigenvalue weighted by molar-refractivity contribution is 0.121. The van der Waals surface area contributed by atoms with Gasteiger partial charge in [-0.05, 0) is 44.0 Å². The van der Waals surface area contributed by atoms with Gasteiger partial charge in [0.2, 0.25) is 0 Å². The monoisotopic (exact) mass is 210 g/mol. The summed E-state index contributed by atoms with van der Waals surface area (Å²) >= 11 is 5.77. The molecule has 0 heterocycles. The van der Waals surface area contributed by atoms with Crippen LogP contribution < -0.4 is 0 Å². The Balaban J connectivity index is 2.93. The van der Waals surface area contributed by atoms with Crippen molar-refractivity contribution in [1.82, 2.24) is 0 Å². The second-order valence-electron chi connectivity index (χ2n) is 3.94. The molecule has 0 aliphatic heterocycles. The highest BCUT2D eigenvalue weighted by molar-refractivity contribution is 6.30. The summed E-state index contributed by atoms with van der Waals surface area (Å²) < 4.78 is 0. The van der Waals surface area contributed by atoms with E-state index in [1.165, 1.54) is 0 Å². The van der Waals surface area contributed by atoms with Crippen molar-refractivity contribution in [3.8, 4) is 0 Å². The number of halogens is 1. The molecule has 0 aromatic heterocycles. The Labute approximate surface area is 90.0 Å². The first-order valence-corrected chi connectivity index (χ1v) is 4.94. The molecule has 0 bridgehead atoms. The first kappa shape index (κ1) is 11.3. The third-order valence-electron chi connectivity index (χ3n) is 2.22. The highest BCUT2D eigenvalue weighted by atomic mass is 35.5. The van der Waals surface area contributed by atoms with Gasteiger partial charge in [0.1, 0.15) is 0 Å². The fraction of sp³-hybridized carbons (Fsp3) is 0.333. The van der Waals surface area contributed by atoms with Crippen LogP contribution in [-0.2, 0) is 0 Å². The molecular formula is C12H15ClO. The Morgan fingerprint density at radius 3 is 2.21 bits per heavy atom. The lowest BCUT2D eigenvalue weighted by Gasteiger charge is -2.18. The summed E-state index contributed by atoms with van der Waals surface area (Å²) in [6.45, 7) is 5.46. The highest BCUT2D eigenvalue weighted by Gasteiger charge is 2.14. The van der Waals surface area contributed by atoms with Crippen LogP contribution in [-0.4, -0.2) is 10.7 Å². The molecule has 76 valence electrons. The van der Waals surface area contributed by atoms with Crippen LogP contribution in [0.5, 0.6) is 0 Å². The van der Waals surface area contributed by atoms with E-state index in [0.29, 0.717) is 0 Å². The predicted molar refractivity (Wildman–Crippen MR) is 61.4 cm³/mol. The summed E-state index contributed by atoms with van der Waals surface area (Å²) in [5.74, 6) is 0. The van der Waals surface area contributed by atoms with Crippen molar-refractivity contribution in [1.29, 1.82) is 0 Å². The van der Waals surface area contributed by atoms with Gasteiger partial charge in [-0.2, -0.15) is 0 Å². The molecule has 2 heteroatoms. The first-order valence-electron chi connectivity index (χ1n) is 4.56. The van der Waals surface area contributed by atoms with Gasteiger partial charge in [0.15, 0.2) is 0 Å². The van der Waals surface area contributed by atoms with Crippen LogP contribution in [0.3, 0.4) is 0 Å². The fourth-order valence-corrected chi connectivity index (χ4v) is 1.11. The van der Waals surface area contributed by atoms with Gasteiger partial charge in [-0.15, -0.1) is 0 Å². The summed E-state index contributed by atoms with van der Waals surface area (Å²) in [6.07, 6.45) is 1.95. The Morgan fingerprint density at radius 2 is 1.79 bits per heavy atom. The van der Waals surface area contributed by atoms with E-state index in [0.717, 1.165) is 16.2 Å². The summed E-state index contributed by atoms with van der Waals surface area (Å²) in [7, 11) is 0. The van der Waals surface area contributed by atoms with Crippen LogP contribution >= 0.6 is 11.6 Å². The molecule has 1 aromatic carbocycles. The lowest BCUT2D eigenvalue weighted by Crippen LogP contribution is -2.19. The molecule has 14 heavy (non-hydrogen) atoms. The van der Waals surface area contributed by atoms with Crippen molar-refractivity contribution in [2.24, 2.45) is 0 Å². The summed E-state index contributed by atoms with van der Waals surface area (Å²) in [5.41, 5.74) is 1.22. The Bertz CT molecular complexity index is 330. The lowest BCUT2D eigenvalue weighted by atomic mass is 9.98. The minimum Gasteiger partial charge on any atom is -0.386 e. The molecule has 1 rings (SSSR count). The zero-order valence-electron chi connectivity index (χ0n) is 8.71. The number of hydrogen-bond donors (Lipinski definition) is 1. The smallest absolute Gasteiger partial charge is 0.0801 e. The Hall–Kier alpha value is -0.790. The van der Waals surface area contributed by atoms with E-state index in [9.17, 15) is 5.11 Å². The quantitative estimate of drug-likeness (QED) is 0.792. The predicted octanol–water partition coefficient (Wildman–Crippen LogP) is 3.51. The van der Waals surface area contributed by atoms with Crippen LogP contribution in [0.1, 0.15) is 26.3 Å². The van der Waals surface area contributed by atoms with E-state index in [1.807, 2.05) is 37.3 Å². The molecule has 0 aliphatic carbocycles. The third kappa shape index (κ3) is 3.17. The molecule has 0 saturated carbocycles. The molecule has 0 radical (unpaired) electrons. The molecule has 0 saturated heterocycles. The van der Waals surface area contributed by atoms with E-state index in [4.69, 9.17) is 11.6 Å². The molecule has 0 amide bonds. The minimum atomic E-state index is -0.764. The van der Waals surface area contributed by atoms with Crippen molar-refractivity contribution < 1.29 is 5.11 Å². The van der Waals surface area contributed by atoms with Crippen LogP contribution in [0.4, 0.5) is 0 Å². The van der Waals surface area contributed by atoms with Gasteiger partial charge in [-0.3, -0.25) is 0 Å². The van der Waals surface area contributed by atoms with Crippen LogP contribution in [0.15, 0.2) is 29.8 Å². The largest absolute Gasteiger partial charge is 0.386 e. The van der Waals surface area contributed by atoms with Gasteiger partial charge in [-0.25, -0.2) is 0 Å². The second-order valence-corrected chi connectivity index (χ2v) is 4.37. The normalized spacial score (nSPS) is 13.1. The Morgan fingerprint density at radius 1 is 1.29 bits per heavy atom. The van der Waals surface area contributed by atoms with Crippen LogP contribution in [0.25, 0.3) is 6.08 Å². The average Bonchev–Trinajstić information content (AvgIpc) is 2.07. The standard InChI is InChI=1S/C12H15ClO/c1-9(12(2,3)14)8-10-4-6-11(13)7-5-10/h4-8,14H,1-3H3/b9-8+. The van der Waals surface area contributed by atoms with Gasteiger partial charge in [0, 0.05) is 5.02 Å². The second kappa shape index (κ2) is 4.16. The highest BCUT2D eigenvalue weighted by Crippen LogP contribution is 2.19. The van der Waals surface area contributed by atoms with E-state index >= 15 is 0 Å². The molecule has 1 N–H and O–H groups in total. The van der Waals surface area contributed by atoms with Gasteiger partial charge in [0.05, 0.1) is 5.60 Å². The van der Waals surface area contributed by atoms with E-state index in [2.05, 4.69) is 0 Å². The molecular weight excluding hydrogens is 196 g/mol.